The fraction of sp³-hybridized carbons (Fsp3) is 0.0909. The Morgan fingerprint density at radius 3 is 2.67 bits per heavy atom. The number of aromatic nitrogens is 2. The zero-order chi connectivity index (χ0) is 13.0. The van der Waals surface area contributed by atoms with Gasteiger partial charge in [-0.2, -0.15) is 5.26 Å². The van der Waals surface area contributed by atoms with Crippen molar-refractivity contribution in [3.63, 3.8) is 0 Å². The maximum atomic E-state index is 11.6. The van der Waals surface area contributed by atoms with Crippen LogP contribution in [0.2, 0.25) is 0 Å². The highest BCUT2D eigenvalue weighted by molar-refractivity contribution is 5.95. The van der Waals surface area contributed by atoms with Gasteiger partial charge < -0.3 is 11.1 Å². The zero-order valence-electron chi connectivity index (χ0n) is 9.25. The Morgan fingerprint density at radius 2 is 2.11 bits per heavy atom. The summed E-state index contributed by atoms with van der Waals surface area (Å²) in [6.07, 6.45) is 0. The molecule has 2 rings (SSSR count). The van der Waals surface area contributed by atoms with Crippen molar-refractivity contribution in [3.05, 3.63) is 41.1 Å². The van der Waals surface area contributed by atoms with E-state index in [1.54, 1.807) is 24.3 Å². The second-order valence-electron chi connectivity index (χ2n) is 3.49. The van der Waals surface area contributed by atoms with Gasteiger partial charge in [0.2, 0.25) is 11.5 Å². The molecule has 0 unspecified atom stereocenters. The summed E-state index contributed by atoms with van der Waals surface area (Å²) in [5.74, 6) is -0.509. The number of carbonyl (C=O) groups is 1. The number of nitriles is 1. The Balaban J connectivity index is 1.97. The molecule has 0 saturated carbocycles. The molecule has 0 aliphatic carbocycles. The summed E-state index contributed by atoms with van der Waals surface area (Å²) in [4.78, 5) is 11.6. The normalized spacial score (nSPS) is 9.72. The molecule has 3 N–H and O–H groups in total. The maximum Gasteiger partial charge on any atom is 0.277 e. The van der Waals surface area contributed by atoms with Gasteiger partial charge in [-0.1, -0.05) is 12.1 Å². The highest BCUT2D eigenvalue weighted by atomic mass is 16.6. The molecular weight excluding hydrogens is 234 g/mol. The van der Waals surface area contributed by atoms with Crippen LogP contribution in [0.3, 0.4) is 0 Å². The van der Waals surface area contributed by atoms with Crippen molar-refractivity contribution in [2.24, 2.45) is 0 Å². The van der Waals surface area contributed by atoms with E-state index in [-0.39, 0.29) is 11.5 Å². The second-order valence-corrected chi connectivity index (χ2v) is 3.49. The Labute approximate surface area is 102 Å². The molecule has 0 atom stereocenters. The molecule has 0 radical (unpaired) electrons. The molecular formula is C11H9N5O2. The smallest absolute Gasteiger partial charge is 0.277 e. The molecule has 7 nitrogen and oxygen atoms in total. The van der Waals surface area contributed by atoms with E-state index in [2.05, 4.69) is 20.3 Å². The van der Waals surface area contributed by atoms with E-state index in [1.807, 2.05) is 6.07 Å². The molecule has 0 fully saturated rings. The molecule has 0 bridgehead atoms. The number of hydrogen-bond donors (Lipinski definition) is 2. The molecule has 18 heavy (non-hydrogen) atoms. The molecule has 0 aliphatic rings. The quantitative estimate of drug-likeness (QED) is 0.808. The maximum absolute atomic E-state index is 11.6. The summed E-state index contributed by atoms with van der Waals surface area (Å²) in [7, 11) is 0. The molecule has 90 valence electrons. The van der Waals surface area contributed by atoms with Gasteiger partial charge in [0.05, 0.1) is 11.6 Å². The number of nitrogens with zero attached hydrogens (tertiary/aromatic N) is 3. The van der Waals surface area contributed by atoms with Gasteiger partial charge in [-0.15, -0.1) is 0 Å². The van der Waals surface area contributed by atoms with Crippen molar-refractivity contribution in [3.8, 4) is 6.07 Å². The number of amides is 1. The third-order valence-corrected chi connectivity index (χ3v) is 2.27. The van der Waals surface area contributed by atoms with Crippen LogP contribution < -0.4 is 11.1 Å². The Kier molecular flexibility index (Phi) is 3.20. The first-order valence-corrected chi connectivity index (χ1v) is 5.06. The van der Waals surface area contributed by atoms with Crippen molar-refractivity contribution in [2.75, 3.05) is 5.73 Å². The summed E-state index contributed by atoms with van der Waals surface area (Å²) in [6, 6.07) is 8.87. The summed E-state index contributed by atoms with van der Waals surface area (Å²) in [5, 5.41) is 18.0. The van der Waals surface area contributed by atoms with E-state index in [4.69, 9.17) is 11.0 Å². The molecule has 2 aromatic rings. The van der Waals surface area contributed by atoms with Gasteiger partial charge >= 0.3 is 0 Å². The number of anilines is 1. The van der Waals surface area contributed by atoms with Crippen LogP contribution in [0.4, 0.5) is 5.82 Å². The number of benzene rings is 1. The number of nitrogen functional groups attached to an aromatic ring is 1. The zero-order valence-corrected chi connectivity index (χ0v) is 9.25. The fourth-order valence-corrected chi connectivity index (χ4v) is 1.32. The van der Waals surface area contributed by atoms with Crippen LogP contribution in [-0.4, -0.2) is 16.2 Å². The minimum absolute atomic E-state index is 0.0383. The Morgan fingerprint density at radius 1 is 1.39 bits per heavy atom. The lowest BCUT2D eigenvalue weighted by atomic mass is 10.1. The van der Waals surface area contributed by atoms with E-state index in [9.17, 15) is 4.79 Å². The minimum Gasteiger partial charge on any atom is -0.379 e. The van der Waals surface area contributed by atoms with E-state index in [0.717, 1.165) is 5.56 Å². The van der Waals surface area contributed by atoms with Crippen LogP contribution in [0.15, 0.2) is 28.9 Å². The van der Waals surface area contributed by atoms with Gasteiger partial charge in [0.15, 0.2) is 0 Å². The first-order chi connectivity index (χ1) is 8.70. The molecule has 0 saturated heterocycles. The lowest BCUT2D eigenvalue weighted by Crippen LogP contribution is -2.24. The third-order valence-electron chi connectivity index (χ3n) is 2.27. The number of rotatable bonds is 3. The molecule has 1 aromatic heterocycles. The standard InChI is InChI=1S/C11H9N5O2/c12-5-7-1-3-8(4-2-7)6-14-11(17)9-10(13)16-18-15-9/h1-4H,6H2,(H2,13,16)(H,14,17). The van der Waals surface area contributed by atoms with E-state index >= 15 is 0 Å². The Hall–Kier alpha value is -2.88. The highest BCUT2D eigenvalue weighted by Gasteiger charge is 2.15. The minimum atomic E-state index is -0.460. The number of nitrogens with one attached hydrogen (secondary N) is 1. The summed E-state index contributed by atoms with van der Waals surface area (Å²) in [5.41, 5.74) is 6.77. The van der Waals surface area contributed by atoms with Gasteiger partial charge in [-0.25, -0.2) is 4.63 Å². The number of carbonyl (C=O) groups excluding carboxylic acids is 1. The van der Waals surface area contributed by atoms with E-state index in [1.165, 1.54) is 0 Å². The summed E-state index contributed by atoms with van der Waals surface area (Å²) in [6.45, 7) is 0.302. The lowest BCUT2D eigenvalue weighted by molar-refractivity contribution is 0.0941. The average molecular weight is 243 g/mol. The number of hydrogen-bond acceptors (Lipinski definition) is 6. The first-order valence-electron chi connectivity index (χ1n) is 5.06. The van der Waals surface area contributed by atoms with Crippen LogP contribution >= 0.6 is 0 Å². The monoisotopic (exact) mass is 243 g/mol. The molecule has 0 aliphatic heterocycles. The van der Waals surface area contributed by atoms with Gasteiger partial charge in [0.1, 0.15) is 0 Å². The molecule has 1 aromatic carbocycles. The van der Waals surface area contributed by atoms with Crippen molar-refractivity contribution in [1.82, 2.24) is 15.6 Å². The van der Waals surface area contributed by atoms with Crippen LogP contribution in [-0.2, 0) is 6.54 Å². The Bertz CT molecular complexity index is 597. The van der Waals surface area contributed by atoms with Gasteiger partial charge in [0.25, 0.3) is 5.91 Å². The van der Waals surface area contributed by atoms with Crippen molar-refractivity contribution in [2.45, 2.75) is 6.54 Å². The second kappa shape index (κ2) is 4.97. The van der Waals surface area contributed by atoms with Crippen LogP contribution in [0, 0.1) is 11.3 Å². The fourth-order valence-electron chi connectivity index (χ4n) is 1.32. The van der Waals surface area contributed by atoms with Gasteiger partial charge in [-0.3, -0.25) is 4.79 Å². The average Bonchev–Trinajstić information content (AvgIpc) is 2.83. The summed E-state index contributed by atoms with van der Waals surface area (Å²) < 4.78 is 4.33. The first kappa shape index (κ1) is 11.6. The van der Waals surface area contributed by atoms with Gasteiger partial charge in [0, 0.05) is 6.54 Å². The molecule has 1 amide bonds. The van der Waals surface area contributed by atoms with Crippen molar-refractivity contribution in [1.29, 1.82) is 5.26 Å². The van der Waals surface area contributed by atoms with Crippen LogP contribution in [0.5, 0.6) is 0 Å². The van der Waals surface area contributed by atoms with Crippen molar-refractivity contribution >= 4 is 11.7 Å². The van der Waals surface area contributed by atoms with E-state index < -0.39 is 5.91 Å². The topological polar surface area (TPSA) is 118 Å². The predicted molar refractivity (Wildman–Crippen MR) is 61.0 cm³/mol. The number of nitrogens with two attached hydrogens (primary N) is 1. The molecule has 0 spiro atoms. The van der Waals surface area contributed by atoms with Crippen molar-refractivity contribution < 1.29 is 9.42 Å². The van der Waals surface area contributed by atoms with Gasteiger partial charge in [-0.05, 0) is 28.0 Å². The van der Waals surface area contributed by atoms with Crippen LogP contribution in [0.1, 0.15) is 21.6 Å². The molecule has 1 heterocycles. The van der Waals surface area contributed by atoms with Crippen LogP contribution in [0.25, 0.3) is 0 Å². The summed E-state index contributed by atoms with van der Waals surface area (Å²) >= 11 is 0. The largest absolute Gasteiger partial charge is 0.379 e. The highest BCUT2D eigenvalue weighted by Crippen LogP contribution is 2.06. The third kappa shape index (κ3) is 2.44. The molecule has 7 heteroatoms. The SMILES string of the molecule is N#Cc1ccc(CNC(=O)c2nonc2N)cc1. The predicted octanol–water partition coefficient (Wildman–Crippen LogP) is 0.453. The lowest BCUT2D eigenvalue weighted by Gasteiger charge is -2.03. The van der Waals surface area contributed by atoms with E-state index in [0.29, 0.717) is 12.1 Å².